The first-order valence-corrected chi connectivity index (χ1v) is 15.0. The van der Waals surface area contributed by atoms with Crippen LogP contribution < -0.4 is 10.2 Å². The third-order valence-corrected chi connectivity index (χ3v) is 8.05. The predicted molar refractivity (Wildman–Crippen MR) is 157 cm³/mol. The highest BCUT2D eigenvalue weighted by Gasteiger charge is 2.28. The lowest BCUT2D eigenvalue weighted by Gasteiger charge is -2.34. The van der Waals surface area contributed by atoms with Gasteiger partial charge in [0.05, 0.1) is 24.2 Å². The minimum atomic E-state index is -2.73. The van der Waals surface area contributed by atoms with Gasteiger partial charge < -0.3 is 25.0 Å². The second-order valence-corrected chi connectivity index (χ2v) is 11.5. The molecule has 2 N–H and O–H groups in total. The van der Waals surface area contributed by atoms with Gasteiger partial charge in [-0.1, -0.05) is 12.1 Å². The van der Waals surface area contributed by atoms with Crippen molar-refractivity contribution in [2.75, 3.05) is 56.2 Å². The number of nitrogens with one attached hydrogen (secondary N) is 1. The van der Waals surface area contributed by atoms with Crippen molar-refractivity contribution in [1.29, 1.82) is 0 Å². The smallest absolute Gasteiger partial charge is 0.296 e. The van der Waals surface area contributed by atoms with E-state index in [1.54, 1.807) is 38.1 Å². The highest BCUT2D eigenvalue weighted by Crippen LogP contribution is 2.31. The van der Waals surface area contributed by atoms with E-state index in [0.29, 0.717) is 60.8 Å². The number of morpholine rings is 1. The molecule has 1 aromatic carbocycles. The summed E-state index contributed by atoms with van der Waals surface area (Å²) in [6.45, 7) is 9.28. The number of rotatable bonds is 7. The van der Waals surface area contributed by atoms with Gasteiger partial charge in [0.25, 0.3) is 6.43 Å². The summed E-state index contributed by atoms with van der Waals surface area (Å²) in [6, 6.07) is 9.70. The number of anilines is 2. The molecule has 0 radical (unpaired) electrons. The van der Waals surface area contributed by atoms with Crippen molar-refractivity contribution < 1.29 is 18.6 Å². The summed E-state index contributed by atoms with van der Waals surface area (Å²) in [5.41, 5.74) is 1.13. The normalized spacial score (nSPS) is 21.9. The van der Waals surface area contributed by atoms with E-state index in [4.69, 9.17) is 19.8 Å². The number of benzene rings is 1. The number of imidazole rings is 1. The number of hydrogen-bond acceptors (Lipinski definition) is 8. The number of halogens is 2. The van der Waals surface area contributed by atoms with Gasteiger partial charge in [0.1, 0.15) is 11.6 Å². The van der Waals surface area contributed by atoms with Crippen molar-refractivity contribution in [2.45, 2.75) is 70.9 Å². The van der Waals surface area contributed by atoms with Crippen LogP contribution in [0.2, 0.25) is 0 Å². The van der Waals surface area contributed by atoms with Gasteiger partial charge in [-0.25, -0.2) is 13.8 Å². The van der Waals surface area contributed by atoms with Crippen molar-refractivity contribution in [3.05, 3.63) is 36.2 Å². The van der Waals surface area contributed by atoms with Gasteiger partial charge in [-0.3, -0.25) is 4.57 Å². The molecular formula is C30H43F2N7O2. The molecule has 3 aromatic rings. The Bertz CT molecular complexity index is 1250. The SMILES string of the molecule is CC(C)O.FC(F)c1nc2ccccc2n1-c1cc(NCC2CCC(N3CCCC3)CC2)nc(N2CCOCC2)n1. The van der Waals surface area contributed by atoms with E-state index >= 15 is 0 Å². The summed E-state index contributed by atoms with van der Waals surface area (Å²) in [5, 5.41) is 11.6. The maximum atomic E-state index is 14.1. The summed E-state index contributed by atoms with van der Waals surface area (Å²) in [5.74, 6) is 1.86. The van der Waals surface area contributed by atoms with Crippen LogP contribution in [0.5, 0.6) is 0 Å². The molecule has 0 amide bonds. The minimum Gasteiger partial charge on any atom is -0.394 e. The third kappa shape index (κ3) is 7.50. The second kappa shape index (κ2) is 13.8. The fraction of sp³-hybridized carbons (Fsp3) is 0.633. The zero-order chi connectivity index (χ0) is 28.8. The summed E-state index contributed by atoms with van der Waals surface area (Å²) in [4.78, 5) is 18.5. The van der Waals surface area contributed by atoms with Crippen LogP contribution in [0.4, 0.5) is 20.5 Å². The Morgan fingerprint density at radius 3 is 2.34 bits per heavy atom. The monoisotopic (exact) mass is 571 g/mol. The Morgan fingerprint density at radius 1 is 0.976 bits per heavy atom. The van der Waals surface area contributed by atoms with Crippen molar-refractivity contribution >= 4 is 22.8 Å². The maximum Gasteiger partial charge on any atom is 0.296 e. The van der Waals surface area contributed by atoms with Gasteiger partial charge in [0.15, 0.2) is 5.82 Å². The Balaban J connectivity index is 0.000000794. The molecule has 41 heavy (non-hydrogen) atoms. The van der Waals surface area contributed by atoms with Gasteiger partial charge in [-0.15, -0.1) is 0 Å². The molecule has 1 saturated carbocycles. The molecule has 11 heteroatoms. The molecule has 0 spiro atoms. The van der Waals surface area contributed by atoms with Crippen molar-refractivity contribution in [2.24, 2.45) is 5.92 Å². The van der Waals surface area contributed by atoms with E-state index in [9.17, 15) is 8.78 Å². The van der Waals surface area contributed by atoms with Crippen LogP contribution in [-0.2, 0) is 4.74 Å². The Hall–Kier alpha value is -2.89. The molecule has 3 aliphatic rings. The van der Waals surface area contributed by atoms with E-state index in [0.717, 1.165) is 12.6 Å². The molecule has 0 bridgehead atoms. The molecule has 1 aliphatic carbocycles. The molecule has 4 heterocycles. The highest BCUT2D eigenvalue weighted by atomic mass is 19.3. The van der Waals surface area contributed by atoms with E-state index in [1.807, 2.05) is 6.07 Å². The van der Waals surface area contributed by atoms with Crippen LogP contribution in [-0.4, -0.2) is 87.6 Å². The fourth-order valence-corrected chi connectivity index (χ4v) is 6.03. The molecule has 9 nitrogen and oxygen atoms in total. The lowest BCUT2D eigenvalue weighted by molar-refractivity contribution is 0.122. The molecule has 0 atom stereocenters. The number of aliphatic hydroxyl groups is 1. The number of hydrogen-bond donors (Lipinski definition) is 2. The second-order valence-electron chi connectivity index (χ2n) is 11.5. The zero-order valence-electron chi connectivity index (χ0n) is 24.2. The van der Waals surface area contributed by atoms with E-state index in [-0.39, 0.29) is 11.9 Å². The summed E-state index contributed by atoms with van der Waals surface area (Å²) >= 11 is 0. The van der Waals surface area contributed by atoms with Crippen LogP contribution in [0.1, 0.15) is 64.6 Å². The lowest BCUT2D eigenvalue weighted by atomic mass is 9.85. The largest absolute Gasteiger partial charge is 0.394 e. The third-order valence-electron chi connectivity index (χ3n) is 8.05. The molecule has 6 rings (SSSR count). The van der Waals surface area contributed by atoms with Gasteiger partial charge in [-0.05, 0) is 83.5 Å². The summed E-state index contributed by atoms with van der Waals surface area (Å²) in [6.07, 6.45) is 4.67. The standard InChI is InChI=1S/C27H35F2N7O.C3H8O/c28-25(29)26-31-21-5-1-2-6-22(21)36(26)24-17-23(32-27(33-24)35-13-15-37-16-14-35)30-18-19-7-9-20(10-8-19)34-11-3-4-12-34;1-3(2)4/h1-2,5-6,17,19-20,25H,3-4,7-16,18H2,(H,30,32,33);3-4H,1-2H3. The van der Waals surface area contributed by atoms with Crippen LogP contribution in [0.3, 0.4) is 0 Å². The Labute approximate surface area is 240 Å². The molecule has 224 valence electrons. The molecule has 2 saturated heterocycles. The fourth-order valence-electron chi connectivity index (χ4n) is 6.03. The van der Waals surface area contributed by atoms with Crippen LogP contribution >= 0.6 is 0 Å². The lowest BCUT2D eigenvalue weighted by Crippen LogP contribution is -2.38. The number of nitrogens with zero attached hydrogens (tertiary/aromatic N) is 6. The van der Waals surface area contributed by atoms with Crippen molar-refractivity contribution in [1.82, 2.24) is 24.4 Å². The Morgan fingerprint density at radius 2 is 1.66 bits per heavy atom. The van der Waals surface area contributed by atoms with E-state index in [2.05, 4.69) is 20.1 Å². The summed E-state index contributed by atoms with van der Waals surface area (Å²) in [7, 11) is 0. The number of likely N-dealkylation sites (tertiary alicyclic amines) is 1. The van der Waals surface area contributed by atoms with Crippen LogP contribution in [0, 0.1) is 5.92 Å². The quantitative estimate of drug-likeness (QED) is 0.408. The molecule has 2 aliphatic heterocycles. The van der Waals surface area contributed by atoms with Crippen LogP contribution in [0.15, 0.2) is 30.3 Å². The first-order chi connectivity index (χ1) is 19.9. The number of fused-ring (bicyclic) bond motifs is 1. The number of ether oxygens (including phenoxy) is 1. The Kier molecular flexibility index (Phi) is 10.00. The first-order valence-electron chi connectivity index (χ1n) is 15.0. The van der Waals surface area contributed by atoms with Gasteiger partial charge >= 0.3 is 0 Å². The molecular weight excluding hydrogens is 528 g/mol. The number of alkyl halides is 2. The van der Waals surface area contributed by atoms with Gasteiger partial charge in [0, 0.05) is 37.8 Å². The van der Waals surface area contributed by atoms with Crippen LogP contribution in [0.25, 0.3) is 16.9 Å². The average Bonchev–Trinajstić information content (AvgIpc) is 3.65. The number of aliphatic hydroxyl groups excluding tert-OH is 1. The average molecular weight is 572 g/mol. The minimum absolute atomic E-state index is 0.167. The van der Waals surface area contributed by atoms with Crippen molar-refractivity contribution in [3.63, 3.8) is 0 Å². The zero-order valence-corrected chi connectivity index (χ0v) is 24.2. The maximum absolute atomic E-state index is 14.1. The predicted octanol–water partition coefficient (Wildman–Crippen LogP) is 5.04. The summed E-state index contributed by atoms with van der Waals surface area (Å²) < 4.78 is 35.1. The molecule has 2 aromatic heterocycles. The number of para-hydroxylation sites is 2. The van der Waals surface area contributed by atoms with Crippen molar-refractivity contribution in [3.8, 4) is 5.82 Å². The first kappa shape index (κ1) is 29.6. The number of aromatic nitrogens is 4. The van der Waals surface area contributed by atoms with Gasteiger partial charge in [-0.2, -0.15) is 9.97 Å². The van der Waals surface area contributed by atoms with E-state index in [1.165, 1.54) is 56.2 Å². The highest BCUT2D eigenvalue weighted by molar-refractivity contribution is 5.78. The molecule has 3 fully saturated rings. The molecule has 0 unspecified atom stereocenters. The van der Waals surface area contributed by atoms with E-state index < -0.39 is 6.43 Å². The van der Waals surface area contributed by atoms with Gasteiger partial charge in [0.2, 0.25) is 5.95 Å². The topological polar surface area (TPSA) is 91.6 Å².